The molecular formula is C8H11ClN2O2S. The Morgan fingerprint density at radius 2 is 2.36 bits per heavy atom. The van der Waals surface area contributed by atoms with E-state index in [9.17, 15) is 4.79 Å². The number of carboxylic acids is 1. The standard InChI is InChI=1S/C8H11ClN2O2S/c1-11-7(6(10)8(12)13)4-2-3-5(9)14-4/h2-3,6-7,11H,10H2,1H3,(H,12,13). The van der Waals surface area contributed by atoms with Crippen molar-refractivity contribution in [2.45, 2.75) is 12.1 Å². The van der Waals surface area contributed by atoms with Crippen molar-refractivity contribution < 1.29 is 9.90 Å². The van der Waals surface area contributed by atoms with Crippen molar-refractivity contribution in [3.8, 4) is 0 Å². The van der Waals surface area contributed by atoms with Gasteiger partial charge in [-0.1, -0.05) is 11.6 Å². The summed E-state index contributed by atoms with van der Waals surface area (Å²) in [6.45, 7) is 0. The van der Waals surface area contributed by atoms with Gasteiger partial charge >= 0.3 is 5.97 Å². The predicted octanol–water partition coefficient (Wildman–Crippen LogP) is 1.07. The normalized spacial score (nSPS) is 15.1. The highest BCUT2D eigenvalue weighted by atomic mass is 35.5. The van der Waals surface area contributed by atoms with Crippen molar-refractivity contribution in [3.05, 3.63) is 21.3 Å². The number of nitrogens with one attached hydrogen (secondary N) is 1. The van der Waals surface area contributed by atoms with E-state index in [2.05, 4.69) is 5.32 Å². The Balaban J connectivity index is 2.86. The molecule has 1 aromatic rings. The third-order valence-electron chi connectivity index (χ3n) is 1.86. The molecule has 0 saturated heterocycles. The molecule has 0 spiro atoms. The molecule has 4 nitrogen and oxygen atoms in total. The van der Waals surface area contributed by atoms with Crippen LogP contribution in [0, 0.1) is 0 Å². The summed E-state index contributed by atoms with van der Waals surface area (Å²) in [6, 6.07) is 2.14. The highest BCUT2D eigenvalue weighted by Gasteiger charge is 2.25. The van der Waals surface area contributed by atoms with Crippen LogP contribution in [0.2, 0.25) is 4.34 Å². The summed E-state index contributed by atoms with van der Waals surface area (Å²) < 4.78 is 0.623. The fourth-order valence-corrected chi connectivity index (χ4v) is 2.36. The van der Waals surface area contributed by atoms with E-state index in [0.717, 1.165) is 4.88 Å². The maximum absolute atomic E-state index is 10.7. The molecule has 0 radical (unpaired) electrons. The van der Waals surface area contributed by atoms with Gasteiger partial charge in [0.2, 0.25) is 0 Å². The Labute approximate surface area is 90.7 Å². The molecular weight excluding hydrogens is 224 g/mol. The van der Waals surface area contributed by atoms with Crippen LogP contribution in [0.25, 0.3) is 0 Å². The Kier molecular flexibility index (Phi) is 3.88. The van der Waals surface area contributed by atoms with Gasteiger partial charge in [-0.15, -0.1) is 11.3 Å². The second kappa shape index (κ2) is 4.75. The first kappa shape index (κ1) is 11.5. The van der Waals surface area contributed by atoms with Gasteiger partial charge in [-0.2, -0.15) is 0 Å². The van der Waals surface area contributed by atoms with E-state index in [-0.39, 0.29) is 0 Å². The zero-order chi connectivity index (χ0) is 10.7. The molecule has 4 N–H and O–H groups in total. The summed E-state index contributed by atoms with van der Waals surface area (Å²) in [5, 5.41) is 11.6. The second-order valence-electron chi connectivity index (χ2n) is 2.77. The van der Waals surface area contributed by atoms with Crippen molar-refractivity contribution in [2.24, 2.45) is 5.73 Å². The van der Waals surface area contributed by atoms with Crippen LogP contribution in [0.3, 0.4) is 0 Å². The number of halogens is 1. The number of hydrogen-bond donors (Lipinski definition) is 3. The molecule has 0 aromatic carbocycles. The highest BCUT2D eigenvalue weighted by Crippen LogP contribution is 2.28. The third-order valence-corrected chi connectivity index (χ3v) is 3.17. The molecule has 14 heavy (non-hydrogen) atoms. The van der Waals surface area contributed by atoms with Crippen LogP contribution in [0.15, 0.2) is 12.1 Å². The lowest BCUT2D eigenvalue weighted by molar-refractivity contribution is -0.139. The molecule has 0 saturated carbocycles. The van der Waals surface area contributed by atoms with E-state index in [0.29, 0.717) is 4.34 Å². The number of likely N-dealkylation sites (N-methyl/N-ethyl adjacent to an activating group) is 1. The van der Waals surface area contributed by atoms with Gasteiger partial charge in [0, 0.05) is 4.88 Å². The lowest BCUT2D eigenvalue weighted by atomic mass is 10.1. The molecule has 1 rings (SSSR count). The molecule has 0 aliphatic carbocycles. The Hall–Kier alpha value is -0.620. The van der Waals surface area contributed by atoms with Crippen LogP contribution in [0.1, 0.15) is 10.9 Å². The summed E-state index contributed by atoms with van der Waals surface area (Å²) in [6.07, 6.45) is 0. The quantitative estimate of drug-likeness (QED) is 0.729. The van der Waals surface area contributed by atoms with Crippen LogP contribution in [-0.4, -0.2) is 24.2 Å². The van der Waals surface area contributed by atoms with E-state index in [1.807, 2.05) is 0 Å². The molecule has 0 aliphatic rings. The fourth-order valence-electron chi connectivity index (χ4n) is 1.14. The van der Waals surface area contributed by atoms with Crippen molar-refractivity contribution in [3.63, 3.8) is 0 Å². The van der Waals surface area contributed by atoms with E-state index < -0.39 is 18.1 Å². The molecule has 0 amide bonds. The summed E-state index contributed by atoms with van der Waals surface area (Å²) in [5.41, 5.74) is 5.51. The first-order valence-corrected chi connectivity index (χ1v) is 5.16. The summed E-state index contributed by atoms with van der Waals surface area (Å²) >= 11 is 7.07. The molecule has 6 heteroatoms. The number of aliphatic carboxylic acids is 1. The summed E-state index contributed by atoms with van der Waals surface area (Å²) in [4.78, 5) is 11.5. The molecule has 1 heterocycles. The van der Waals surface area contributed by atoms with Crippen LogP contribution >= 0.6 is 22.9 Å². The first-order chi connectivity index (χ1) is 6.56. The lowest BCUT2D eigenvalue weighted by Gasteiger charge is -2.18. The Morgan fingerprint density at radius 3 is 2.71 bits per heavy atom. The van der Waals surface area contributed by atoms with E-state index in [1.165, 1.54) is 11.3 Å². The maximum atomic E-state index is 10.7. The number of carbonyl (C=O) groups is 1. The van der Waals surface area contributed by atoms with Gasteiger partial charge in [-0.3, -0.25) is 4.79 Å². The monoisotopic (exact) mass is 234 g/mol. The summed E-state index contributed by atoms with van der Waals surface area (Å²) in [7, 11) is 1.67. The van der Waals surface area contributed by atoms with Gasteiger partial charge < -0.3 is 16.2 Å². The second-order valence-corrected chi connectivity index (χ2v) is 4.52. The van der Waals surface area contributed by atoms with Gasteiger partial charge in [-0.25, -0.2) is 0 Å². The van der Waals surface area contributed by atoms with Crippen molar-refractivity contribution in [2.75, 3.05) is 7.05 Å². The maximum Gasteiger partial charge on any atom is 0.322 e. The molecule has 2 atom stereocenters. The number of rotatable bonds is 4. The minimum Gasteiger partial charge on any atom is -0.480 e. The zero-order valence-electron chi connectivity index (χ0n) is 7.53. The van der Waals surface area contributed by atoms with Crippen molar-refractivity contribution >= 4 is 28.9 Å². The fraction of sp³-hybridized carbons (Fsp3) is 0.375. The van der Waals surface area contributed by atoms with Crippen LogP contribution in [0.5, 0.6) is 0 Å². The SMILES string of the molecule is CNC(c1ccc(Cl)s1)C(N)C(=O)O. The van der Waals surface area contributed by atoms with Crippen LogP contribution in [-0.2, 0) is 4.79 Å². The summed E-state index contributed by atoms with van der Waals surface area (Å²) in [5.74, 6) is -1.03. The minimum absolute atomic E-state index is 0.398. The number of carboxylic acid groups (broad SMARTS) is 1. The Bertz CT molecular complexity index is 329. The average molecular weight is 235 g/mol. The third kappa shape index (κ3) is 2.45. The lowest BCUT2D eigenvalue weighted by Crippen LogP contribution is -2.41. The molecule has 0 bridgehead atoms. The smallest absolute Gasteiger partial charge is 0.322 e. The van der Waals surface area contributed by atoms with E-state index in [1.54, 1.807) is 19.2 Å². The van der Waals surface area contributed by atoms with Gasteiger partial charge in [0.05, 0.1) is 10.4 Å². The van der Waals surface area contributed by atoms with Gasteiger partial charge in [0.1, 0.15) is 6.04 Å². The van der Waals surface area contributed by atoms with Gasteiger partial charge in [0.15, 0.2) is 0 Å². The van der Waals surface area contributed by atoms with Gasteiger partial charge in [-0.05, 0) is 19.2 Å². The number of nitrogens with two attached hydrogens (primary N) is 1. The largest absolute Gasteiger partial charge is 0.480 e. The average Bonchev–Trinajstić information content (AvgIpc) is 2.53. The van der Waals surface area contributed by atoms with Crippen LogP contribution < -0.4 is 11.1 Å². The minimum atomic E-state index is -1.03. The number of hydrogen-bond acceptors (Lipinski definition) is 4. The molecule has 2 unspecified atom stereocenters. The predicted molar refractivity (Wildman–Crippen MR) is 56.7 cm³/mol. The Morgan fingerprint density at radius 1 is 1.71 bits per heavy atom. The molecule has 0 aliphatic heterocycles. The first-order valence-electron chi connectivity index (χ1n) is 3.97. The topological polar surface area (TPSA) is 75.3 Å². The molecule has 78 valence electrons. The van der Waals surface area contributed by atoms with E-state index >= 15 is 0 Å². The number of thiophene rings is 1. The molecule has 1 aromatic heterocycles. The highest BCUT2D eigenvalue weighted by molar-refractivity contribution is 7.16. The molecule has 0 fully saturated rings. The van der Waals surface area contributed by atoms with Crippen LogP contribution in [0.4, 0.5) is 0 Å². The zero-order valence-corrected chi connectivity index (χ0v) is 9.10. The van der Waals surface area contributed by atoms with Crippen molar-refractivity contribution in [1.29, 1.82) is 0 Å². The van der Waals surface area contributed by atoms with Crippen molar-refractivity contribution in [1.82, 2.24) is 5.32 Å². The van der Waals surface area contributed by atoms with Gasteiger partial charge in [0.25, 0.3) is 0 Å². The van der Waals surface area contributed by atoms with E-state index in [4.69, 9.17) is 22.4 Å².